The van der Waals surface area contributed by atoms with Crippen LogP contribution in [0, 0.1) is 0 Å². The molecular weight excluding hydrogens is 605 g/mol. The average Bonchev–Trinajstić information content (AvgIpc) is 3.71. The molecule has 1 saturated carbocycles. The molecule has 9 aromatic rings. The highest BCUT2D eigenvalue weighted by atomic mass is 15.0. The molecule has 0 saturated heterocycles. The third kappa shape index (κ3) is 4.63. The van der Waals surface area contributed by atoms with Crippen molar-refractivity contribution in [3.8, 4) is 33.6 Å². The Morgan fingerprint density at radius 3 is 1.80 bits per heavy atom. The second-order valence-corrected chi connectivity index (χ2v) is 13.9. The summed E-state index contributed by atoms with van der Waals surface area (Å²) in [6.07, 6.45) is 6.66. The first-order valence-electron chi connectivity index (χ1n) is 18.1. The third-order valence-corrected chi connectivity index (χ3v) is 11.1. The quantitative estimate of drug-likeness (QED) is 0.177. The number of para-hydroxylation sites is 4. The van der Waals surface area contributed by atoms with Crippen LogP contribution < -0.4 is 0 Å². The molecule has 7 aromatic carbocycles. The van der Waals surface area contributed by atoms with E-state index in [-0.39, 0.29) is 0 Å². The number of nitrogens with zero attached hydrogens (tertiary/aromatic N) is 2. The lowest BCUT2D eigenvalue weighted by Crippen LogP contribution is -2.04. The molecule has 2 heterocycles. The summed E-state index contributed by atoms with van der Waals surface area (Å²) in [5.74, 6) is 0.661. The summed E-state index contributed by atoms with van der Waals surface area (Å²) in [5, 5.41) is 5.20. The number of fused-ring (bicyclic) bond motifs is 6. The minimum atomic E-state index is 0.661. The zero-order chi connectivity index (χ0) is 33.0. The van der Waals surface area contributed by atoms with Gasteiger partial charge < -0.3 is 9.13 Å². The van der Waals surface area contributed by atoms with Gasteiger partial charge in [-0.15, -0.1) is 0 Å². The van der Waals surface area contributed by atoms with E-state index in [1.165, 1.54) is 115 Å². The van der Waals surface area contributed by atoms with Gasteiger partial charge in [0.05, 0.1) is 27.8 Å². The molecule has 0 amide bonds. The summed E-state index contributed by atoms with van der Waals surface area (Å²) >= 11 is 0. The van der Waals surface area contributed by atoms with E-state index < -0.39 is 0 Å². The van der Waals surface area contributed by atoms with Crippen LogP contribution in [-0.4, -0.2) is 9.13 Å². The van der Waals surface area contributed by atoms with Crippen LogP contribution in [0.2, 0.25) is 0 Å². The van der Waals surface area contributed by atoms with Gasteiger partial charge in [-0.3, -0.25) is 0 Å². The molecule has 0 aliphatic heterocycles. The van der Waals surface area contributed by atoms with Crippen LogP contribution in [0.5, 0.6) is 0 Å². The number of hydrogen-bond acceptors (Lipinski definition) is 0. The molecule has 1 aliphatic carbocycles. The van der Waals surface area contributed by atoms with Crippen LogP contribution in [-0.2, 0) is 0 Å². The Balaban J connectivity index is 1.11. The zero-order valence-electron chi connectivity index (χ0n) is 28.1. The normalized spacial score (nSPS) is 13.9. The molecular formula is C48H38N2. The zero-order valence-corrected chi connectivity index (χ0v) is 28.1. The monoisotopic (exact) mass is 642 g/mol. The smallest absolute Gasteiger partial charge is 0.0547 e. The van der Waals surface area contributed by atoms with Crippen molar-refractivity contribution in [3.05, 3.63) is 169 Å². The molecule has 0 spiro atoms. The Hall–Kier alpha value is -5.86. The van der Waals surface area contributed by atoms with E-state index in [0.717, 1.165) is 0 Å². The minimum Gasteiger partial charge on any atom is -0.309 e. The molecule has 2 heteroatoms. The summed E-state index contributed by atoms with van der Waals surface area (Å²) in [6, 6.07) is 60.6. The highest BCUT2D eigenvalue weighted by Crippen LogP contribution is 2.42. The maximum absolute atomic E-state index is 2.51. The third-order valence-electron chi connectivity index (χ3n) is 11.1. The maximum atomic E-state index is 2.51. The molecule has 0 N–H and O–H groups in total. The van der Waals surface area contributed by atoms with Crippen LogP contribution in [0.4, 0.5) is 0 Å². The van der Waals surface area contributed by atoms with E-state index >= 15 is 0 Å². The number of benzene rings is 7. The van der Waals surface area contributed by atoms with Crippen molar-refractivity contribution in [2.75, 3.05) is 0 Å². The molecule has 50 heavy (non-hydrogen) atoms. The van der Waals surface area contributed by atoms with Crippen molar-refractivity contribution < 1.29 is 0 Å². The van der Waals surface area contributed by atoms with Crippen molar-refractivity contribution in [3.63, 3.8) is 0 Å². The van der Waals surface area contributed by atoms with Gasteiger partial charge in [0, 0.05) is 32.8 Å². The fourth-order valence-electron chi connectivity index (χ4n) is 8.79. The fourth-order valence-corrected chi connectivity index (χ4v) is 8.79. The Morgan fingerprint density at radius 1 is 0.400 bits per heavy atom. The SMILES string of the molecule is c1ccc(-n2c3ccccc3c3c(-c4ccc(-c5ccccc5-n5c6ccccc6c6ccc(C7CCCCC7)cc65)cc4)cccc32)cc1. The van der Waals surface area contributed by atoms with E-state index in [9.17, 15) is 0 Å². The largest absolute Gasteiger partial charge is 0.309 e. The molecule has 0 atom stereocenters. The predicted octanol–water partition coefficient (Wildman–Crippen LogP) is 13.3. The topological polar surface area (TPSA) is 9.86 Å². The van der Waals surface area contributed by atoms with Gasteiger partial charge in [0.1, 0.15) is 0 Å². The van der Waals surface area contributed by atoms with Crippen molar-refractivity contribution in [1.82, 2.24) is 9.13 Å². The first kappa shape index (κ1) is 29.1. The number of aromatic nitrogens is 2. The molecule has 0 radical (unpaired) electrons. The summed E-state index contributed by atoms with van der Waals surface area (Å²) in [5.41, 5.74) is 13.8. The first-order valence-corrected chi connectivity index (χ1v) is 18.1. The van der Waals surface area contributed by atoms with Crippen LogP contribution in [0.25, 0.3) is 77.2 Å². The van der Waals surface area contributed by atoms with E-state index in [4.69, 9.17) is 0 Å². The van der Waals surface area contributed by atoms with Gasteiger partial charge in [-0.25, -0.2) is 0 Å². The summed E-state index contributed by atoms with van der Waals surface area (Å²) in [6.45, 7) is 0. The first-order chi connectivity index (χ1) is 24.8. The van der Waals surface area contributed by atoms with Gasteiger partial charge in [-0.2, -0.15) is 0 Å². The lowest BCUT2D eigenvalue weighted by atomic mass is 9.84. The van der Waals surface area contributed by atoms with E-state index in [2.05, 4.69) is 173 Å². The molecule has 240 valence electrons. The van der Waals surface area contributed by atoms with Gasteiger partial charge in [-0.05, 0) is 83.5 Å². The second-order valence-electron chi connectivity index (χ2n) is 13.9. The molecule has 1 fully saturated rings. The van der Waals surface area contributed by atoms with Gasteiger partial charge >= 0.3 is 0 Å². The Labute approximate surface area is 292 Å². The maximum Gasteiger partial charge on any atom is 0.0547 e. The van der Waals surface area contributed by atoms with E-state index in [1.54, 1.807) is 0 Å². The van der Waals surface area contributed by atoms with Gasteiger partial charge in [0.15, 0.2) is 0 Å². The fraction of sp³-hybridized carbons (Fsp3) is 0.125. The summed E-state index contributed by atoms with van der Waals surface area (Å²) in [7, 11) is 0. The van der Waals surface area contributed by atoms with Gasteiger partial charge in [-0.1, -0.05) is 141 Å². The van der Waals surface area contributed by atoms with E-state index in [0.29, 0.717) is 5.92 Å². The molecule has 0 bridgehead atoms. The predicted molar refractivity (Wildman–Crippen MR) is 212 cm³/mol. The average molecular weight is 643 g/mol. The van der Waals surface area contributed by atoms with Crippen molar-refractivity contribution in [2.45, 2.75) is 38.0 Å². The van der Waals surface area contributed by atoms with Crippen LogP contribution in [0.1, 0.15) is 43.6 Å². The van der Waals surface area contributed by atoms with Crippen LogP contribution in [0.15, 0.2) is 164 Å². The molecule has 2 aromatic heterocycles. The van der Waals surface area contributed by atoms with Crippen molar-refractivity contribution in [1.29, 1.82) is 0 Å². The standard InChI is InChI=1S/C48H38N2/c1-3-14-33(15-4-1)36-30-31-41-40-19-8-11-23-44(40)50(47(41)32-36)43-22-10-7-18-38(43)34-26-28-35(29-27-34)39-21-13-25-46-48(39)42-20-9-12-24-45(42)49(46)37-16-5-2-6-17-37/h2,5-13,16-33H,1,3-4,14-15H2. The highest BCUT2D eigenvalue weighted by Gasteiger charge is 2.20. The van der Waals surface area contributed by atoms with Gasteiger partial charge in [0.25, 0.3) is 0 Å². The summed E-state index contributed by atoms with van der Waals surface area (Å²) in [4.78, 5) is 0. The lowest BCUT2D eigenvalue weighted by Gasteiger charge is -2.22. The van der Waals surface area contributed by atoms with E-state index in [1.807, 2.05) is 0 Å². The Morgan fingerprint density at radius 2 is 1.00 bits per heavy atom. The lowest BCUT2D eigenvalue weighted by molar-refractivity contribution is 0.444. The second kappa shape index (κ2) is 11.9. The molecule has 10 rings (SSSR count). The van der Waals surface area contributed by atoms with Crippen LogP contribution >= 0.6 is 0 Å². The molecule has 1 aliphatic rings. The molecule has 2 nitrogen and oxygen atoms in total. The minimum absolute atomic E-state index is 0.661. The molecule has 0 unspecified atom stereocenters. The number of hydrogen-bond donors (Lipinski definition) is 0. The van der Waals surface area contributed by atoms with Crippen molar-refractivity contribution >= 4 is 43.6 Å². The highest BCUT2D eigenvalue weighted by molar-refractivity contribution is 6.16. The van der Waals surface area contributed by atoms with Crippen molar-refractivity contribution in [2.24, 2.45) is 0 Å². The van der Waals surface area contributed by atoms with Crippen LogP contribution in [0.3, 0.4) is 0 Å². The Kier molecular flexibility index (Phi) is 6.94. The Bertz CT molecular complexity index is 2670. The summed E-state index contributed by atoms with van der Waals surface area (Å²) < 4.78 is 4.91. The number of rotatable bonds is 5. The van der Waals surface area contributed by atoms with Gasteiger partial charge in [0.2, 0.25) is 0 Å².